The summed E-state index contributed by atoms with van der Waals surface area (Å²) in [5, 5.41) is 0. The van der Waals surface area contributed by atoms with E-state index >= 15 is 0 Å². The number of amides is 2. The van der Waals surface area contributed by atoms with Gasteiger partial charge < -0.3 is 14.4 Å². The largest absolute Gasteiger partial charge is 0.497 e. The molecule has 6 rings (SSSR count). The Bertz CT molecular complexity index is 1110. The summed E-state index contributed by atoms with van der Waals surface area (Å²) in [5.41, 5.74) is 3.73. The molecule has 35 heavy (non-hydrogen) atoms. The van der Waals surface area contributed by atoms with E-state index in [-0.39, 0.29) is 12.1 Å². The van der Waals surface area contributed by atoms with Crippen molar-refractivity contribution in [1.82, 2.24) is 9.88 Å². The highest BCUT2D eigenvalue weighted by Crippen LogP contribution is 2.38. The summed E-state index contributed by atoms with van der Waals surface area (Å²) in [6.45, 7) is 4.18. The van der Waals surface area contributed by atoms with Gasteiger partial charge in [0.2, 0.25) is 0 Å². The first-order chi connectivity index (χ1) is 17.2. The van der Waals surface area contributed by atoms with Crippen molar-refractivity contribution in [2.75, 3.05) is 49.8 Å². The number of urea groups is 1. The maximum absolute atomic E-state index is 13.9. The number of anilines is 2. The van der Waals surface area contributed by atoms with Crippen LogP contribution in [0, 0.1) is 5.92 Å². The summed E-state index contributed by atoms with van der Waals surface area (Å²) in [6, 6.07) is 10.2. The number of rotatable bonds is 5. The average molecular weight is 476 g/mol. The van der Waals surface area contributed by atoms with Crippen molar-refractivity contribution < 1.29 is 14.3 Å². The number of pyridine rings is 1. The Balaban J connectivity index is 1.36. The van der Waals surface area contributed by atoms with Crippen LogP contribution < -0.4 is 14.5 Å². The van der Waals surface area contributed by atoms with E-state index in [0.717, 1.165) is 47.3 Å². The fourth-order valence-corrected chi connectivity index (χ4v) is 5.80. The predicted octanol–water partition coefficient (Wildman–Crippen LogP) is 4.08. The highest BCUT2D eigenvalue weighted by atomic mass is 16.5. The van der Waals surface area contributed by atoms with Crippen LogP contribution in [0.15, 0.2) is 41.5 Å². The number of methoxy groups -OCH3 is 1. The Hall–Kier alpha value is -3.13. The molecule has 2 aromatic rings. The SMILES string of the molecule is COc1ccc(CN2C(=O)N3CC(C4CCCCC4)N=C3c3ncc(N4CCOCC4)cc32)cc1. The second-order valence-corrected chi connectivity index (χ2v) is 9.91. The zero-order chi connectivity index (χ0) is 23.8. The molecule has 0 spiro atoms. The topological polar surface area (TPSA) is 70.5 Å². The highest BCUT2D eigenvalue weighted by Gasteiger charge is 2.43. The molecule has 0 bridgehead atoms. The third-order valence-electron chi connectivity index (χ3n) is 7.80. The number of hydrogen-bond acceptors (Lipinski definition) is 6. The van der Waals surface area contributed by atoms with Gasteiger partial charge in [-0.25, -0.2) is 9.78 Å². The summed E-state index contributed by atoms with van der Waals surface area (Å²) in [7, 11) is 1.66. The molecule has 2 fully saturated rings. The molecular formula is C27H33N5O3. The van der Waals surface area contributed by atoms with Crippen molar-refractivity contribution in [3.05, 3.63) is 47.8 Å². The molecule has 1 saturated heterocycles. The standard InChI is InChI=1S/C27H33N5O3/c1-34-22-9-7-19(8-10-22)17-31-24-15-21(30-11-13-35-14-12-30)16-28-25(24)26-29-23(18-32(26)27(31)33)20-5-3-2-4-6-20/h7-10,15-16,20,23H,2-6,11-14,17-18H2,1H3. The summed E-state index contributed by atoms with van der Waals surface area (Å²) in [4.78, 5) is 29.9. The summed E-state index contributed by atoms with van der Waals surface area (Å²) < 4.78 is 10.8. The van der Waals surface area contributed by atoms with Crippen molar-refractivity contribution >= 4 is 23.2 Å². The molecule has 8 heteroatoms. The molecule has 2 amide bonds. The first-order valence-corrected chi connectivity index (χ1v) is 12.8. The number of carbonyl (C=O) groups is 1. The molecule has 0 radical (unpaired) electrons. The van der Waals surface area contributed by atoms with Gasteiger partial charge in [-0.15, -0.1) is 0 Å². The van der Waals surface area contributed by atoms with Gasteiger partial charge >= 0.3 is 6.03 Å². The quantitative estimate of drug-likeness (QED) is 0.652. The number of amidine groups is 1. The lowest BCUT2D eigenvalue weighted by atomic mass is 9.84. The summed E-state index contributed by atoms with van der Waals surface area (Å²) in [5.74, 6) is 2.11. The van der Waals surface area contributed by atoms with Crippen LogP contribution in [-0.4, -0.2) is 67.8 Å². The van der Waals surface area contributed by atoms with Crippen LogP contribution in [0.3, 0.4) is 0 Å². The van der Waals surface area contributed by atoms with E-state index in [2.05, 4.69) is 11.0 Å². The first kappa shape index (κ1) is 22.3. The number of nitrogens with zero attached hydrogens (tertiary/aromatic N) is 5. The summed E-state index contributed by atoms with van der Waals surface area (Å²) in [6.07, 6.45) is 8.18. The van der Waals surface area contributed by atoms with E-state index in [9.17, 15) is 4.79 Å². The molecule has 0 N–H and O–H groups in total. The molecule has 184 valence electrons. The molecule has 1 aliphatic carbocycles. The fourth-order valence-electron chi connectivity index (χ4n) is 5.80. The zero-order valence-corrected chi connectivity index (χ0v) is 20.4. The Kier molecular flexibility index (Phi) is 6.06. The van der Waals surface area contributed by atoms with Gasteiger partial charge in [0, 0.05) is 13.1 Å². The maximum atomic E-state index is 13.9. The van der Waals surface area contributed by atoms with Crippen LogP contribution in [0.4, 0.5) is 16.2 Å². The zero-order valence-electron chi connectivity index (χ0n) is 20.4. The minimum absolute atomic E-state index is 0.00805. The monoisotopic (exact) mass is 475 g/mol. The normalized spacial score (nSPS) is 22.7. The van der Waals surface area contributed by atoms with Gasteiger partial charge in [0.15, 0.2) is 5.84 Å². The molecule has 1 unspecified atom stereocenters. The van der Waals surface area contributed by atoms with E-state index in [1.54, 1.807) is 7.11 Å². The number of fused-ring (bicyclic) bond motifs is 3. The first-order valence-electron chi connectivity index (χ1n) is 12.8. The van der Waals surface area contributed by atoms with Gasteiger partial charge in [-0.1, -0.05) is 31.4 Å². The highest BCUT2D eigenvalue weighted by molar-refractivity contribution is 6.19. The lowest BCUT2D eigenvalue weighted by Gasteiger charge is -2.36. The van der Waals surface area contributed by atoms with E-state index in [1.165, 1.54) is 32.1 Å². The maximum Gasteiger partial charge on any atom is 0.330 e. The van der Waals surface area contributed by atoms with Crippen LogP contribution in [-0.2, 0) is 11.3 Å². The third-order valence-corrected chi connectivity index (χ3v) is 7.80. The number of hydrogen-bond donors (Lipinski definition) is 0. The van der Waals surface area contributed by atoms with Crippen molar-refractivity contribution in [1.29, 1.82) is 0 Å². The minimum Gasteiger partial charge on any atom is -0.497 e. The Morgan fingerprint density at radius 1 is 1.09 bits per heavy atom. The molecule has 1 atom stereocenters. The van der Waals surface area contributed by atoms with Crippen LogP contribution in [0.1, 0.15) is 43.4 Å². The number of benzene rings is 1. The average Bonchev–Trinajstić information content (AvgIpc) is 3.38. The molecule has 1 saturated carbocycles. The van der Waals surface area contributed by atoms with E-state index in [0.29, 0.717) is 32.2 Å². The Morgan fingerprint density at radius 2 is 1.86 bits per heavy atom. The lowest BCUT2D eigenvalue weighted by molar-refractivity contribution is 0.122. The van der Waals surface area contributed by atoms with Gasteiger partial charge in [-0.05, 0) is 42.5 Å². The van der Waals surface area contributed by atoms with Gasteiger partial charge in [0.05, 0.1) is 57.0 Å². The molecule has 1 aromatic carbocycles. The van der Waals surface area contributed by atoms with E-state index < -0.39 is 0 Å². The molecule has 4 heterocycles. The number of carbonyl (C=O) groups excluding carboxylic acids is 1. The van der Waals surface area contributed by atoms with E-state index in [1.807, 2.05) is 40.3 Å². The number of aliphatic imine (C=N–C) groups is 1. The molecular weight excluding hydrogens is 442 g/mol. The van der Waals surface area contributed by atoms with Crippen molar-refractivity contribution in [2.24, 2.45) is 10.9 Å². The number of aromatic nitrogens is 1. The van der Waals surface area contributed by atoms with Gasteiger partial charge in [0.25, 0.3) is 0 Å². The molecule has 3 aliphatic heterocycles. The Morgan fingerprint density at radius 3 is 2.60 bits per heavy atom. The second kappa shape index (κ2) is 9.49. The molecule has 1 aromatic heterocycles. The van der Waals surface area contributed by atoms with Crippen LogP contribution >= 0.6 is 0 Å². The lowest BCUT2D eigenvalue weighted by Crippen LogP contribution is -2.50. The van der Waals surface area contributed by atoms with Crippen LogP contribution in [0.25, 0.3) is 0 Å². The van der Waals surface area contributed by atoms with Gasteiger partial charge in [0.1, 0.15) is 11.4 Å². The smallest absolute Gasteiger partial charge is 0.330 e. The predicted molar refractivity (Wildman–Crippen MR) is 135 cm³/mol. The van der Waals surface area contributed by atoms with Gasteiger partial charge in [-0.2, -0.15) is 0 Å². The third kappa shape index (κ3) is 4.24. The van der Waals surface area contributed by atoms with E-state index in [4.69, 9.17) is 19.5 Å². The van der Waals surface area contributed by atoms with Gasteiger partial charge in [-0.3, -0.25) is 14.8 Å². The van der Waals surface area contributed by atoms with Crippen molar-refractivity contribution in [3.8, 4) is 5.75 Å². The van der Waals surface area contributed by atoms with Crippen LogP contribution in [0.2, 0.25) is 0 Å². The number of ether oxygens (including phenoxy) is 2. The Labute approximate surface area is 206 Å². The minimum atomic E-state index is -0.00805. The molecule has 4 aliphatic rings. The van der Waals surface area contributed by atoms with Crippen molar-refractivity contribution in [2.45, 2.75) is 44.7 Å². The molecule has 8 nitrogen and oxygen atoms in total. The second-order valence-electron chi connectivity index (χ2n) is 9.91. The number of morpholine rings is 1. The summed E-state index contributed by atoms with van der Waals surface area (Å²) >= 11 is 0. The van der Waals surface area contributed by atoms with Crippen LogP contribution in [0.5, 0.6) is 5.75 Å². The van der Waals surface area contributed by atoms with Crippen molar-refractivity contribution in [3.63, 3.8) is 0 Å². The fraction of sp³-hybridized carbons (Fsp3) is 0.519.